The number of thioether (sulfide) groups is 1. The van der Waals surface area contributed by atoms with Crippen LogP contribution in [0, 0.1) is 23.6 Å². The Hall–Kier alpha value is -2.42. The fourth-order valence-electron chi connectivity index (χ4n) is 5.08. The quantitative estimate of drug-likeness (QED) is 0.482. The van der Waals surface area contributed by atoms with Crippen LogP contribution in [0.2, 0.25) is 0 Å². The van der Waals surface area contributed by atoms with Crippen molar-refractivity contribution in [2.24, 2.45) is 17.8 Å². The molecule has 2 saturated carbocycles. The zero-order valence-corrected chi connectivity index (χ0v) is 17.6. The van der Waals surface area contributed by atoms with Gasteiger partial charge in [-0.3, -0.25) is 4.57 Å². The van der Waals surface area contributed by atoms with Crippen LogP contribution in [0.3, 0.4) is 0 Å². The van der Waals surface area contributed by atoms with E-state index in [0.717, 1.165) is 17.0 Å². The van der Waals surface area contributed by atoms with Gasteiger partial charge in [0.05, 0.1) is 5.75 Å². The van der Waals surface area contributed by atoms with Gasteiger partial charge in [0.2, 0.25) is 5.89 Å². The second kappa shape index (κ2) is 8.37. The number of hydrogen-bond acceptors (Lipinski definition) is 7. The summed E-state index contributed by atoms with van der Waals surface area (Å²) in [4.78, 5) is 4.08. The SMILES string of the molecule is C[C@@H]([C@@H]1C[C@H]2CC[C@H]1C2)n1c(COc2ccccc2F)nnc1SCc1ncno1. The van der Waals surface area contributed by atoms with Crippen LogP contribution >= 0.6 is 11.8 Å². The molecule has 9 heteroatoms. The molecule has 1 aromatic carbocycles. The van der Waals surface area contributed by atoms with Crippen LogP contribution < -0.4 is 4.74 Å². The summed E-state index contributed by atoms with van der Waals surface area (Å²) in [5, 5.41) is 13.3. The molecule has 7 nitrogen and oxygen atoms in total. The molecule has 0 radical (unpaired) electrons. The molecule has 2 fully saturated rings. The lowest BCUT2D eigenvalue weighted by atomic mass is 9.84. The van der Waals surface area contributed by atoms with Crippen molar-refractivity contribution in [1.82, 2.24) is 24.9 Å². The van der Waals surface area contributed by atoms with E-state index >= 15 is 0 Å². The van der Waals surface area contributed by atoms with E-state index in [-0.39, 0.29) is 24.2 Å². The second-order valence-corrected chi connectivity index (χ2v) is 9.13. The molecule has 2 aromatic heterocycles. The first-order chi connectivity index (χ1) is 14.7. The molecule has 4 atom stereocenters. The van der Waals surface area contributed by atoms with E-state index in [1.165, 1.54) is 49.8 Å². The molecular formula is C21H24FN5O2S. The molecule has 2 bridgehead atoms. The van der Waals surface area contributed by atoms with Crippen LogP contribution in [0.1, 0.15) is 50.4 Å². The molecule has 0 saturated heterocycles. The normalized spacial score (nSPS) is 23.7. The summed E-state index contributed by atoms with van der Waals surface area (Å²) >= 11 is 1.52. The number of rotatable bonds is 8. The minimum atomic E-state index is -0.379. The number of hydrogen-bond donors (Lipinski definition) is 0. The molecular weight excluding hydrogens is 405 g/mol. The van der Waals surface area contributed by atoms with E-state index in [1.807, 2.05) is 0 Å². The number of halogens is 1. The summed E-state index contributed by atoms with van der Waals surface area (Å²) in [5.41, 5.74) is 0. The minimum Gasteiger partial charge on any atom is -0.483 e. The number of aromatic nitrogens is 5. The van der Waals surface area contributed by atoms with Crippen LogP contribution in [0.5, 0.6) is 5.75 Å². The van der Waals surface area contributed by atoms with E-state index in [4.69, 9.17) is 9.26 Å². The molecule has 5 rings (SSSR count). The first-order valence-corrected chi connectivity index (χ1v) is 11.4. The Morgan fingerprint density at radius 3 is 2.90 bits per heavy atom. The number of fused-ring (bicyclic) bond motifs is 2. The average molecular weight is 430 g/mol. The molecule has 30 heavy (non-hydrogen) atoms. The Morgan fingerprint density at radius 2 is 2.17 bits per heavy atom. The summed E-state index contributed by atoms with van der Waals surface area (Å²) in [7, 11) is 0. The lowest BCUT2D eigenvalue weighted by Gasteiger charge is -2.30. The molecule has 3 aromatic rings. The third kappa shape index (κ3) is 3.82. The monoisotopic (exact) mass is 429 g/mol. The summed E-state index contributed by atoms with van der Waals surface area (Å²) in [5.74, 6) is 3.85. The highest BCUT2D eigenvalue weighted by molar-refractivity contribution is 7.98. The van der Waals surface area contributed by atoms with E-state index < -0.39 is 0 Å². The van der Waals surface area contributed by atoms with Crippen molar-refractivity contribution < 1.29 is 13.7 Å². The molecule has 2 aliphatic carbocycles. The Balaban J connectivity index is 1.38. The fraction of sp³-hybridized carbons (Fsp3) is 0.524. The molecule has 0 N–H and O–H groups in total. The highest BCUT2D eigenvalue weighted by atomic mass is 32.2. The largest absolute Gasteiger partial charge is 0.483 e. The molecule has 2 aliphatic rings. The van der Waals surface area contributed by atoms with Gasteiger partial charge in [-0.05, 0) is 56.1 Å². The zero-order valence-electron chi connectivity index (χ0n) is 16.8. The lowest BCUT2D eigenvalue weighted by molar-refractivity contribution is 0.215. The van der Waals surface area contributed by atoms with E-state index in [9.17, 15) is 4.39 Å². The van der Waals surface area contributed by atoms with Crippen molar-refractivity contribution in [1.29, 1.82) is 0 Å². The average Bonchev–Trinajstić information content (AvgIpc) is 3.56. The Labute approximate surface area is 178 Å². The van der Waals surface area contributed by atoms with Gasteiger partial charge in [-0.15, -0.1) is 10.2 Å². The molecule has 0 amide bonds. The predicted molar refractivity (Wildman–Crippen MR) is 108 cm³/mol. The van der Waals surface area contributed by atoms with Crippen LogP contribution in [0.4, 0.5) is 4.39 Å². The number of benzene rings is 1. The first kappa shape index (κ1) is 19.5. The van der Waals surface area contributed by atoms with Gasteiger partial charge in [-0.25, -0.2) is 4.39 Å². The van der Waals surface area contributed by atoms with Gasteiger partial charge in [0.25, 0.3) is 0 Å². The highest BCUT2D eigenvalue weighted by Gasteiger charge is 2.43. The van der Waals surface area contributed by atoms with Crippen molar-refractivity contribution in [3.05, 3.63) is 48.1 Å². The maximum Gasteiger partial charge on any atom is 0.236 e. The van der Waals surface area contributed by atoms with Gasteiger partial charge in [-0.1, -0.05) is 35.5 Å². The van der Waals surface area contributed by atoms with E-state index in [0.29, 0.717) is 23.4 Å². The maximum absolute atomic E-state index is 14.0. The Kier molecular flexibility index (Phi) is 5.45. The second-order valence-electron chi connectivity index (χ2n) is 8.19. The van der Waals surface area contributed by atoms with Gasteiger partial charge in [-0.2, -0.15) is 4.98 Å². The fourth-order valence-corrected chi connectivity index (χ4v) is 5.97. The van der Waals surface area contributed by atoms with Crippen molar-refractivity contribution in [3.63, 3.8) is 0 Å². The van der Waals surface area contributed by atoms with Crippen molar-refractivity contribution >= 4 is 11.8 Å². The first-order valence-electron chi connectivity index (χ1n) is 10.4. The Morgan fingerprint density at radius 1 is 1.27 bits per heavy atom. The van der Waals surface area contributed by atoms with Crippen LogP contribution in [-0.2, 0) is 12.4 Å². The highest BCUT2D eigenvalue weighted by Crippen LogP contribution is 2.52. The van der Waals surface area contributed by atoms with Crippen molar-refractivity contribution in [2.45, 2.75) is 56.2 Å². The van der Waals surface area contributed by atoms with Crippen molar-refractivity contribution in [2.75, 3.05) is 0 Å². The molecule has 0 unspecified atom stereocenters. The molecule has 0 spiro atoms. The zero-order chi connectivity index (χ0) is 20.5. The van der Waals surface area contributed by atoms with Crippen molar-refractivity contribution in [3.8, 4) is 5.75 Å². The topological polar surface area (TPSA) is 78.9 Å². The summed E-state index contributed by atoms with van der Waals surface area (Å²) in [6.07, 6.45) is 6.66. The van der Waals surface area contributed by atoms with Crippen LogP contribution in [0.25, 0.3) is 0 Å². The van der Waals surface area contributed by atoms with Gasteiger partial charge in [0.1, 0.15) is 6.61 Å². The molecule has 2 heterocycles. The summed E-state index contributed by atoms with van der Waals surface area (Å²) in [6.45, 7) is 2.41. The number of para-hydroxylation sites is 1. The number of nitrogens with zero attached hydrogens (tertiary/aromatic N) is 5. The van der Waals surface area contributed by atoms with Gasteiger partial charge < -0.3 is 9.26 Å². The Bertz CT molecular complexity index is 995. The molecule has 158 valence electrons. The minimum absolute atomic E-state index is 0.167. The predicted octanol–water partition coefficient (Wildman–Crippen LogP) is 4.67. The van der Waals surface area contributed by atoms with Gasteiger partial charge in [0.15, 0.2) is 28.9 Å². The van der Waals surface area contributed by atoms with Gasteiger partial charge >= 0.3 is 0 Å². The lowest BCUT2D eigenvalue weighted by Crippen LogP contribution is -2.24. The maximum atomic E-state index is 14.0. The van der Waals surface area contributed by atoms with Crippen LogP contribution in [-0.4, -0.2) is 24.9 Å². The summed E-state index contributed by atoms with van der Waals surface area (Å²) < 4.78 is 27.0. The van der Waals surface area contributed by atoms with E-state index in [1.54, 1.807) is 18.2 Å². The van der Waals surface area contributed by atoms with Gasteiger partial charge in [0, 0.05) is 6.04 Å². The number of ether oxygens (including phenoxy) is 1. The molecule has 0 aliphatic heterocycles. The third-order valence-corrected chi connectivity index (χ3v) is 7.41. The van der Waals surface area contributed by atoms with Crippen LogP contribution in [0.15, 0.2) is 40.3 Å². The standard InChI is InChI=1S/C21H24FN5O2S/c1-13(16-9-14-6-7-15(16)8-14)27-19(10-28-18-5-3-2-4-17(18)22)25-26-21(27)30-11-20-23-12-24-29-20/h2-5,12-16H,6-11H2,1H3/t13-,14-,15-,16-/m0/s1. The third-order valence-electron chi connectivity index (χ3n) is 6.48. The smallest absolute Gasteiger partial charge is 0.236 e. The summed E-state index contributed by atoms with van der Waals surface area (Å²) in [6, 6.07) is 6.67. The van der Waals surface area contributed by atoms with E-state index in [2.05, 4.69) is 31.8 Å².